The minimum absolute atomic E-state index is 0.0517. The fraction of sp³-hybridized carbons (Fsp3) is 0.381. The third-order valence-electron chi connectivity index (χ3n) is 6.00. The first-order chi connectivity index (χ1) is 13.5. The second-order valence-electron chi connectivity index (χ2n) is 7.89. The lowest BCUT2D eigenvalue weighted by atomic mass is 9.82. The van der Waals surface area contributed by atoms with E-state index in [1.165, 1.54) is 0 Å². The molecular weight excluding hydrogens is 372 g/mol. The summed E-state index contributed by atoms with van der Waals surface area (Å²) in [4.78, 5) is 20.9. The molecule has 5 heterocycles. The van der Waals surface area contributed by atoms with E-state index >= 15 is 0 Å². The predicted molar refractivity (Wildman–Crippen MR) is 107 cm³/mol. The molecule has 0 aromatic carbocycles. The molecule has 2 N–H and O–H groups in total. The number of thiophene rings is 1. The Balaban J connectivity index is 1.39. The Morgan fingerprint density at radius 2 is 2.11 bits per heavy atom. The summed E-state index contributed by atoms with van der Waals surface area (Å²) in [5.74, 6) is 0.0674. The average molecular weight is 394 g/mol. The van der Waals surface area contributed by atoms with Crippen molar-refractivity contribution in [1.29, 1.82) is 0 Å². The lowest BCUT2D eigenvalue weighted by Gasteiger charge is -2.43. The van der Waals surface area contributed by atoms with Crippen LogP contribution in [-0.4, -0.2) is 43.2 Å². The number of nitrogens with zero attached hydrogens (tertiary/aromatic N) is 3. The molecular formula is C21H22N4O2S. The summed E-state index contributed by atoms with van der Waals surface area (Å²) in [6.45, 7) is 1.94. The van der Waals surface area contributed by atoms with Crippen LogP contribution in [0.3, 0.4) is 0 Å². The maximum atomic E-state index is 13.3. The Kier molecular flexibility index (Phi) is 4.10. The third-order valence-corrected chi connectivity index (χ3v) is 6.97. The van der Waals surface area contributed by atoms with Crippen LogP contribution in [-0.2, 0) is 5.60 Å². The number of hydrogen-bond donors (Lipinski definition) is 2. The molecule has 0 radical (unpaired) electrons. The SMILES string of the molecule is Cc1cccc(C2(O)CC3CCC(C2)N3C(=O)c2csc(-c3cn[nH]c3)c2)n1. The second-order valence-corrected chi connectivity index (χ2v) is 8.80. The van der Waals surface area contributed by atoms with Gasteiger partial charge in [-0.15, -0.1) is 11.3 Å². The molecule has 3 aromatic rings. The summed E-state index contributed by atoms with van der Waals surface area (Å²) >= 11 is 1.55. The van der Waals surface area contributed by atoms with Gasteiger partial charge in [-0.3, -0.25) is 14.9 Å². The summed E-state index contributed by atoms with van der Waals surface area (Å²) in [5.41, 5.74) is 2.39. The average Bonchev–Trinajstić information content (AvgIpc) is 3.41. The van der Waals surface area contributed by atoms with Crippen molar-refractivity contribution in [3.8, 4) is 10.4 Å². The van der Waals surface area contributed by atoms with Crippen molar-refractivity contribution in [3.63, 3.8) is 0 Å². The summed E-state index contributed by atoms with van der Waals surface area (Å²) in [5, 5.41) is 20.1. The van der Waals surface area contributed by atoms with Gasteiger partial charge < -0.3 is 10.0 Å². The number of aromatic amines is 1. The number of piperidine rings is 1. The van der Waals surface area contributed by atoms with Gasteiger partial charge in [0.1, 0.15) is 5.60 Å². The molecule has 144 valence electrons. The van der Waals surface area contributed by atoms with E-state index in [0.29, 0.717) is 12.8 Å². The summed E-state index contributed by atoms with van der Waals surface area (Å²) in [6.07, 6.45) is 6.56. The molecule has 2 bridgehead atoms. The van der Waals surface area contributed by atoms with Gasteiger partial charge in [-0.1, -0.05) is 6.07 Å². The minimum Gasteiger partial charge on any atom is -0.383 e. The Bertz CT molecular complexity index is 999. The summed E-state index contributed by atoms with van der Waals surface area (Å²) < 4.78 is 0. The number of rotatable bonds is 3. The van der Waals surface area contributed by atoms with Gasteiger partial charge in [0.15, 0.2) is 0 Å². The number of aromatic nitrogens is 3. The smallest absolute Gasteiger partial charge is 0.255 e. The molecule has 2 fully saturated rings. The van der Waals surface area contributed by atoms with E-state index in [2.05, 4.69) is 15.2 Å². The van der Waals surface area contributed by atoms with Gasteiger partial charge >= 0.3 is 0 Å². The number of amides is 1. The highest BCUT2D eigenvalue weighted by molar-refractivity contribution is 7.13. The number of carbonyl (C=O) groups excluding carboxylic acids is 1. The number of aryl methyl sites for hydroxylation is 1. The first-order valence-electron chi connectivity index (χ1n) is 9.60. The fourth-order valence-corrected chi connectivity index (χ4v) is 5.57. The zero-order valence-electron chi connectivity index (χ0n) is 15.6. The van der Waals surface area contributed by atoms with Crippen LogP contribution in [0.5, 0.6) is 0 Å². The Morgan fingerprint density at radius 1 is 1.32 bits per heavy atom. The third kappa shape index (κ3) is 2.86. The molecule has 2 aliphatic rings. The van der Waals surface area contributed by atoms with E-state index in [1.807, 2.05) is 47.7 Å². The molecule has 2 aliphatic heterocycles. The molecule has 2 atom stereocenters. The first-order valence-corrected chi connectivity index (χ1v) is 10.5. The van der Waals surface area contributed by atoms with Crippen LogP contribution in [0.2, 0.25) is 0 Å². The fourth-order valence-electron chi connectivity index (χ4n) is 4.70. The number of fused-ring (bicyclic) bond motifs is 2. The van der Waals surface area contributed by atoms with E-state index in [9.17, 15) is 9.90 Å². The molecule has 0 spiro atoms. The van der Waals surface area contributed by atoms with Crippen LogP contribution in [0.4, 0.5) is 0 Å². The standard InChI is InChI=1S/C21H22N4O2S/c1-13-3-2-4-19(24-13)21(27)8-16-5-6-17(9-21)25(16)20(26)14-7-18(28-12-14)15-10-22-23-11-15/h2-4,7,10-12,16-17,27H,5-6,8-9H2,1H3,(H,22,23). The molecule has 6 nitrogen and oxygen atoms in total. The summed E-state index contributed by atoms with van der Waals surface area (Å²) in [6, 6.07) is 7.83. The van der Waals surface area contributed by atoms with Crippen LogP contribution in [0, 0.1) is 6.92 Å². The quantitative estimate of drug-likeness (QED) is 0.712. The molecule has 0 aliphatic carbocycles. The highest BCUT2D eigenvalue weighted by Crippen LogP contribution is 2.46. The van der Waals surface area contributed by atoms with Gasteiger partial charge in [-0.2, -0.15) is 5.10 Å². The van der Waals surface area contributed by atoms with Gasteiger partial charge in [0.05, 0.1) is 17.5 Å². The number of aliphatic hydroxyl groups is 1. The molecule has 28 heavy (non-hydrogen) atoms. The van der Waals surface area contributed by atoms with Gasteiger partial charge in [0.2, 0.25) is 0 Å². The van der Waals surface area contributed by atoms with Crippen LogP contribution in [0.15, 0.2) is 42.0 Å². The molecule has 5 rings (SSSR count). The van der Waals surface area contributed by atoms with E-state index in [1.54, 1.807) is 17.5 Å². The maximum Gasteiger partial charge on any atom is 0.255 e. The number of carbonyl (C=O) groups is 1. The molecule has 2 saturated heterocycles. The van der Waals surface area contributed by atoms with Crippen molar-refractivity contribution in [1.82, 2.24) is 20.1 Å². The normalized spacial score (nSPS) is 26.6. The van der Waals surface area contributed by atoms with Gasteiger partial charge in [0, 0.05) is 52.6 Å². The van der Waals surface area contributed by atoms with Gasteiger partial charge in [-0.25, -0.2) is 0 Å². The van der Waals surface area contributed by atoms with Gasteiger partial charge in [-0.05, 0) is 38.0 Å². The predicted octanol–water partition coefficient (Wildman–Crippen LogP) is 3.50. The van der Waals surface area contributed by atoms with Crippen LogP contribution in [0.25, 0.3) is 10.4 Å². The number of H-pyrrole nitrogens is 1. The molecule has 2 unspecified atom stereocenters. The van der Waals surface area contributed by atoms with Crippen LogP contribution in [0.1, 0.15) is 47.4 Å². The number of nitrogens with one attached hydrogen (secondary N) is 1. The Hall–Kier alpha value is -2.51. The summed E-state index contributed by atoms with van der Waals surface area (Å²) in [7, 11) is 0. The largest absolute Gasteiger partial charge is 0.383 e. The molecule has 0 saturated carbocycles. The Labute approximate surface area is 167 Å². The molecule has 3 aromatic heterocycles. The zero-order valence-corrected chi connectivity index (χ0v) is 16.4. The second kappa shape index (κ2) is 6.53. The van der Waals surface area contributed by atoms with Crippen molar-refractivity contribution in [3.05, 3.63) is 59.0 Å². The Morgan fingerprint density at radius 3 is 2.79 bits per heavy atom. The van der Waals surface area contributed by atoms with Gasteiger partial charge in [0.25, 0.3) is 5.91 Å². The molecule has 1 amide bonds. The van der Waals surface area contributed by atoms with Crippen molar-refractivity contribution >= 4 is 17.2 Å². The minimum atomic E-state index is -0.953. The number of pyridine rings is 1. The lowest BCUT2D eigenvalue weighted by molar-refractivity contribution is -0.0508. The van der Waals surface area contributed by atoms with Crippen LogP contribution >= 0.6 is 11.3 Å². The molecule has 7 heteroatoms. The van der Waals surface area contributed by atoms with E-state index in [0.717, 1.165) is 40.2 Å². The van der Waals surface area contributed by atoms with E-state index < -0.39 is 5.60 Å². The van der Waals surface area contributed by atoms with Crippen molar-refractivity contribution in [2.45, 2.75) is 50.3 Å². The van der Waals surface area contributed by atoms with Crippen molar-refractivity contribution in [2.75, 3.05) is 0 Å². The lowest BCUT2D eigenvalue weighted by Crippen LogP contribution is -2.52. The van der Waals surface area contributed by atoms with Crippen molar-refractivity contribution < 1.29 is 9.90 Å². The van der Waals surface area contributed by atoms with E-state index in [-0.39, 0.29) is 18.0 Å². The topological polar surface area (TPSA) is 82.1 Å². The first kappa shape index (κ1) is 17.6. The van der Waals surface area contributed by atoms with Crippen LogP contribution < -0.4 is 0 Å². The monoisotopic (exact) mass is 394 g/mol. The maximum absolute atomic E-state index is 13.3. The highest BCUT2D eigenvalue weighted by Gasteiger charge is 2.50. The van der Waals surface area contributed by atoms with Crippen molar-refractivity contribution in [2.24, 2.45) is 0 Å². The highest BCUT2D eigenvalue weighted by atomic mass is 32.1. The number of hydrogen-bond acceptors (Lipinski definition) is 5. The zero-order chi connectivity index (χ0) is 19.3. The van der Waals surface area contributed by atoms with E-state index in [4.69, 9.17) is 0 Å².